The number of aryl methyl sites for hydroxylation is 2. The molecule has 3 atom stereocenters. The molecule has 0 aliphatic carbocycles. The molecule has 4 N–H and O–H groups in total. The van der Waals surface area contributed by atoms with Crippen LogP contribution in [0.1, 0.15) is 11.1 Å². The van der Waals surface area contributed by atoms with Crippen LogP contribution >= 0.6 is 7.82 Å². The summed E-state index contributed by atoms with van der Waals surface area (Å²) in [5.74, 6) is -0.254. The van der Waals surface area contributed by atoms with Crippen LogP contribution in [-0.2, 0) is 15.6 Å². The Bertz CT molecular complexity index is 1260. The van der Waals surface area contributed by atoms with Gasteiger partial charge >= 0.3 is 64.8 Å². The Morgan fingerprint density at radius 2 is 1.76 bits per heavy atom. The number of aromatic amines is 1. The number of hydrogen-bond donors (Lipinski definition) is 4. The first-order valence-corrected chi connectivity index (χ1v) is 10.5. The van der Waals surface area contributed by atoms with Gasteiger partial charge in [0.05, 0.1) is 32.0 Å². The van der Waals surface area contributed by atoms with E-state index in [4.69, 9.17) is 5.11 Å². The number of phosphoric acid groups is 1. The zero-order valence-electron chi connectivity index (χ0n) is 18.4. The normalized spacial score (nSPS) is 14.4. The number of aliphatic hydroxyl groups is 3. The smallest absolute Gasteiger partial charge is 0.790 e. The number of rotatable bonds is 7. The third-order valence-electron chi connectivity index (χ3n) is 4.81. The maximum absolute atomic E-state index is 12.3. The van der Waals surface area contributed by atoms with Crippen LogP contribution in [0.5, 0.6) is 0 Å². The van der Waals surface area contributed by atoms with E-state index in [1.807, 2.05) is 4.98 Å². The molecule has 0 unspecified atom stereocenters. The number of H-pyrrole nitrogens is 1. The summed E-state index contributed by atoms with van der Waals surface area (Å²) in [5.41, 5.74) is 0.0745. The van der Waals surface area contributed by atoms with Crippen LogP contribution in [0.15, 0.2) is 21.7 Å². The van der Waals surface area contributed by atoms with Gasteiger partial charge in [-0.1, -0.05) is 0 Å². The van der Waals surface area contributed by atoms with E-state index in [0.717, 1.165) is 11.1 Å². The molecule has 0 fully saturated rings. The van der Waals surface area contributed by atoms with E-state index in [1.54, 1.807) is 26.0 Å². The average Bonchev–Trinajstić information content (AvgIpc) is 2.67. The van der Waals surface area contributed by atoms with Crippen molar-refractivity contribution in [3.63, 3.8) is 0 Å². The van der Waals surface area contributed by atoms with Gasteiger partial charge in [0.1, 0.15) is 18.3 Å². The van der Waals surface area contributed by atoms with Crippen molar-refractivity contribution in [2.75, 3.05) is 6.61 Å². The standard InChI is InChI=1S/C17H21N4O9P.2Na/c1-7-3-9-10(4-8(7)2)21(15-13(18-9)16(25)20-17(26)19-15)5-12(30-31(27,28)29)14(24)11(23)6-22;;/h3-4,11-12,14,22-24H,5-6H2,1-2H3,(H,20,25,26)(H2,27,28,29);;/q;2*+1/p-2/t11-,12+,14-;;/m0../s1. The Hall–Kier alpha value is -0.510. The van der Waals surface area contributed by atoms with Crippen LogP contribution in [0, 0.1) is 13.8 Å². The molecular formula is C17H19N4Na2O9P. The summed E-state index contributed by atoms with van der Waals surface area (Å²) in [4.78, 5) is 56.5. The van der Waals surface area contributed by atoms with E-state index >= 15 is 0 Å². The van der Waals surface area contributed by atoms with Crippen LogP contribution < -0.4 is 80.2 Å². The van der Waals surface area contributed by atoms with Crippen molar-refractivity contribution in [3.8, 4) is 11.5 Å². The first-order chi connectivity index (χ1) is 14.4. The second-order valence-corrected chi connectivity index (χ2v) is 8.13. The molecule has 0 amide bonds. The minimum absolute atomic E-state index is 0. The molecule has 0 saturated carbocycles. The fourth-order valence-electron chi connectivity index (χ4n) is 3.14. The van der Waals surface area contributed by atoms with Gasteiger partial charge in [0, 0.05) is 0 Å². The summed E-state index contributed by atoms with van der Waals surface area (Å²) in [6, 6.07) is 3.27. The van der Waals surface area contributed by atoms with Crippen LogP contribution in [0.2, 0.25) is 0 Å². The molecule has 0 saturated heterocycles. The molecule has 16 heteroatoms. The molecule has 2 aliphatic rings. The van der Waals surface area contributed by atoms with Crippen molar-refractivity contribution < 1.29 is 93.3 Å². The Balaban J connectivity index is 0.00000272. The molecule has 2 aliphatic heterocycles. The predicted molar refractivity (Wildman–Crippen MR) is 102 cm³/mol. The summed E-state index contributed by atoms with van der Waals surface area (Å²) < 4.78 is 16.9. The Morgan fingerprint density at radius 1 is 1.15 bits per heavy atom. The molecule has 3 rings (SSSR count). The minimum atomic E-state index is -5.65. The molecule has 0 radical (unpaired) electrons. The van der Waals surface area contributed by atoms with Crippen LogP contribution in [0.25, 0.3) is 22.6 Å². The van der Waals surface area contributed by atoms with Crippen LogP contribution in [-0.4, -0.2) is 59.8 Å². The molecule has 168 valence electrons. The van der Waals surface area contributed by atoms with E-state index < -0.39 is 50.5 Å². The second-order valence-electron chi connectivity index (χ2n) is 7.02. The minimum Gasteiger partial charge on any atom is -0.790 e. The van der Waals surface area contributed by atoms with Crippen molar-refractivity contribution in [1.82, 2.24) is 19.5 Å². The quantitative estimate of drug-likeness (QED) is 0.136. The zero-order valence-corrected chi connectivity index (χ0v) is 23.3. The van der Waals surface area contributed by atoms with Gasteiger partial charge in [-0.15, -0.1) is 0 Å². The van der Waals surface area contributed by atoms with Gasteiger partial charge in [-0.25, -0.2) is 9.78 Å². The number of phosphoric ester groups is 1. The van der Waals surface area contributed by atoms with E-state index in [0.29, 0.717) is 5.52 Å². The van der Waals surface area contributed by atoms with Gasteiger partial charge < -0.3 is 38.8 Å². The number of aromatic nitrogens is 4. The summed E-state index contributed by atoms with van der Waals surface area (Å²) in [5, 5.41) is 29.1. The number of hydrogen-bond acceptors (Lipinski definition) is 11. The van der Waals surface area contributed by atoms with E-state index in [9.17, 15) is 34.2 Å². The molecule has 0 spiro atoms. The van der Waals surface area contributed by atoms with Gasteiger partial charge in [-0.2, -0.15) is 4.98 Å². The number of nitrogens with one attached hydrogen (secondary N) is 1. The first-order valence-electron chi connectivity index (χ1n) is 9.00. The summed E-state index contributed by atoms with van der Waals surface area (Å²) in [6.45, 7) is 2.00. The molecule has 13 nitrogen and oxygen atoms in total. The van der Waals surface area contributed by atoms with Crippen LogP contribution in [0.3, 0.4) is 0 Å². The molecule has 1 aromatic rings. The van der Waals surface area contributed by atoms with Crippen molar-refractivity contribution in [1.29, 1.82) is 0 Å². The molecular weight excluding hydrogens is 481 g/mol. The molecule has 0 aromatic heterocycles. The van der Waals surface area contributed by atoms with Crippen LogP contribution in [0.4, 0.5) is 0 Å². The van der Waals surface area contributed by atoms with E-state index in [-0.39, 0.29) is 76.1 Å². The molecule has 2 heterocycles. The van der Waals surface area contributed by atoms with Crippen molar-refractivity contribution in [3.05, 3.63) is 44.1 Å². The fourth-order valence-corrected chi connectivity index (χ4v) is 3.66. The monoisotopic (exact) mass is 500 g/mol. The van der Waals surface area contributed by atoms with Crippen molar-refractivity contribution in [2.45, 2.75) is 38.7 Å². The maximum Gasteiger partial charge on any atom is 1.00 e. The fraction of sp³-hybridized carbons (Fsp3) is 0.412. The average molecular weight is 500 g/mol. The van der Waals surface area contributed by atoms with E-state index in [1.165, 1.54) is 4.57 Å². The maximum atomic E-state index is 12.3. The molecule has 1 aromatic carbocycles. The number of benzene rings is 1. The van der Waals surface area contributed by atoms with E-state index in [2.05, 4.69) is 14.5 Å². The Labute approximate surface area is 231 Å². The van der Waals surface area contributed by atoms with Gasteiger partial charge in [0.15, 0.2) is 11.5 Å². The first kappa shape index (κ1) is 30.5. The van der Waals surface area contributed by atoms with Gasteiger partial charge in [0.2, 0.25) is 0 Å². The third kappa shape index (κ3) is 7.01. The number of aliphatic hydroxyl groups excluding tert-OH is 3. The summed E-state index contributed by atoms with van der Waals surface area (Å²) in [7, 11) is -5.65. The summed E-state index contributed by atoms with van der Waals surface area (Å²) in [6.07, 6.45) is -5.72. The van der Waals surface area contributed by atoms with Crippen molar-refractivity contribution in [2.24, 2.45) is 0 Å². The third-order valence-corrected chi connectivity index (χ3v) is 5.34. The van der Waals surface area contributed by atoms with Gasteiger partial charge in [-0.3, -0.25) is 9.78 Å². The topological polar surface area (TPSA) is 214 Å². The molecule has 33 heavy (non-hydrogen) atoms. The SMILES string of the molecule is Cc1cc2nc3c(=O)[nH]c(=O)nc-3n(C[C@@H](OP(=O)([O-])[O-])[C@@H](O)[C@@H](O)CO)c2cc1C.[Na+].[Na+]. The Morgan fingerprint density at radius 3 is 2.33 bits per heavy atom. The summed E-state index contributed by atoms with van der Waals surface area (Å²) >= 11 is 0. The van der Waals surface area contributed by atoms with Crippen molar-refractivity contribution >= 4 is 18.9 Å². The molecule has 0 bridgehead atoms. The zero-order chi connectivity index (χ0) is 23.1. The second kappa shape index (κ2) is 12.0. The predicted octanol–water partition coefficient (Wildman–Crippen LogP) is -8.86. The number of fused-ring (bicyclic) bond motifs is 2. The van der Waals surface area contributed by atoms with Gasteiger partial charge in [-0.05, 0) is 37.1 Å². The number of nitrogens with zero attached hydrogens (tertiary/aromatic N) is 3. The van der Waals surface area contributed by atoms with Gasteiger partial charge in [0.25, 0.3) is 5.56 Å². The largest absolute Gasteiger partial charge is 1.00 e. The Kier molecular flexibility index (Phi) is 11.1.